The van der Waals surface area contributed by atoms with Gasteiger partial charge in [-0.2, -0.15) is 0 Å². The van der Waals surface area contributed by atoms with E-state index in [0.29, 0.717) is 12.1 Å². The first-order chi connectivity index (χ1) is 10.8. The van der Waals surface area contributed by atoms with Crippen molar-refractivity contribution in [2.24, 2.45) is 5.92 Å². The molecule has 2 aromatic carbocycles. The molecule has 1 heterocycles. The van der Waals surface area contributed by atoms with Crippen molar-refractivity contribution in [3.8, 4) is 0 Å². The van der Waals surface area contributed by atoms with Crippen LogP contribution < -0.4 is 5.32 Å². The summed E-state index contributed by atoms with van der Waals surface area (Å²) in [4.78, 5) is 0. The summed E-state index contributed by atoms with van der Waals surface area (Å²) < 4.78 is 0. The van der Waals surface area contributed by atoms with E-state index in [4.69, 9.17) is 0 Å². The molecule has 1 fully saturated rings. The monoisotopic (exact) mass is 291 g/mol. The number of rotatable bonds is 2. The molecular weight excluding hydrogens is 266 g/mol. The maximum atomic E-state index is 3.89. The summed E-state index contributed by atoms with van der Waals surface area (Å²) in [5.74, 6) is 1.53. The Labute approximate surface area is 133 Å². The van der Waals surface area contributed by atoms with Crippen LogP contribution >= 0.6 is 0 Å². The number of hydrogen-bond acceptors (Lipinski definition) is 1. The fraction of sp³-hybridized carbons (Fsp3) is 0.429. The van der Waals surface area contributed by atoms with Gasteiger partial charge in [-0.1, -0.05) is 54.6 Å². The molecule has 0 amide bonds. The van der Waals surface area contributed by atoms with Gasteiger partial charge in [0.25, 0.3) is 0 Å². The highest BCUT2D eigenvalue weighted by Crippen LogP contribution is 2.43. The van der Waals surface area contributed by atoms with E-state index in [9.17, 15) is 0 Å². The van der Waals surface area contributed by atoms with Crippen molar-refractivity contribution in [2.75, 3.05) is 0 Å². The number of fused-ring (bicyclic) bond motifs is 3. The Hall–Kier alpha value is -1.60. The molecule has 2 aromatic rings. The highest BCUT2D eigenvalue weighted by molar-refractivity contribution is 5.35. The second kappa shape index (κ2) is 5.89. The van der Waals surface area contributed by atoms with Crippen molar-refractivity contribution < 1.29 is 0 Å². The van der Waals surface area contributed by atoms with Crippen LogP contribution in [0.5, 0.6) is 0 Å². The fourth-order valence-electron chi connectivity index (χ4n) is 4.68. The van der Waals surface area contributed by atoms with Gasteiger partial charge in [0.2, 0.25) is 0 Å². The van der Waals surface area contributed by atoms with Gasteiger partial charge >= 0.3 is 0 Å². The van der Waals surface area contributed by atoms with E-state index in [-0.39, 0.29) is 0 Å². The summed E-state index contributed by atoms with van der Waals surface area (Å²) in [5, 5.41) is 3.89. The number of piperidine rings is 1. The van der Waals surface area contributed by atoms with Crippen molar-refractivity contribution >= 4 is 0 Å². The van der Waals surface area contributed by atoms with Crippen LogP contribution in [-0.2, 0) is 12.8 Å². The van der Waals surface area contributed by atoms with Gasteiger partial charge in [-0.05, 0) is 61.1 Å². The molecule has 1 aliphatic carbocycles. The second-order valence-electron chi connectivity index (χ2n) is 7.11. The average Bonchev–Trinajstić information content (AvgIpc) is 2.55. The molecule has 4 rings (SSSR count). The van der Waals surface area contributed by atoms with E-state index in [1.165, 1.54) is 24.8 Å². The minimum absolute atomic E-state index is 0.612. The highest BCUT2D eigenvalue weighted by atomic mass is 15.0. The Balaban J connectivity index is 1.62. The molecule has 1 heteroatoms. The zero-order chi connectivity index (χ0) is 14.9. The van der Waals surface area contributed by atoms with Gasteiger partial charge in [0, 0.05) is 12.1 Å². The maximum Gasteiger partial charge on any atom is 0.0144 e. The molecule has 1 nitrogen and oxygen atoms in total. The Morgan fingerprint density at radius 1 is 1.00 bits per heavy atom. The first-order valence-corrected chi connectivity index (χ1v) is 8.69. The smallest absolute Gasteiger partial charge is 0.0144 e. The van der Waals surface area contributed by atoms with Gasteiger partial charge in [-0.25, -0.2) is 0 Å². The van der Waals surface area contributed by atoms with E-state index in [1.54, 1.807) is 11.1 Å². The Morgan fingerprint density at radius 2 is 1.77 bits per heavy atom. The highest BCUT2D eigenvalue weighted by Gasteiger charge is 2.39. The molecule has 4 atom stereocenters. The van der Waals surface area contributed by atoms with Gasteiger partial charge in [-0.15, -0.1) is 0 Å². The van der Waals surface area contributed by atoms with Gasteiger partial charge in [-0.3, -0.25) is 0 Å². The van der Waals surface area contributed by atoms with Gasteiger partial charge < -0.3 is 5.32 Å². The number of benzene rings is 2. The van der Waals surface area contributed by atoms with Crippen LogP contribution in [-0.4, -0.2) is 12.1 Å². The molecule has 0 aromatic heterocycles. The molecule has 1 N–H and O–H groups in total. The van der Waals surface area contributed by atoms with Gasteiger partial charge in [0.1, 0.15) is 0 Å². The summed E-state index contributed by atoms with van der Waals surface area (Å²) >= 11 is 0. The molecule has 1 aliphatic heterocycles. The molecule has 0 saturated carbocycles. The molecule has 2 aliphatic rings. The summed E-state index contributed by atoms with van der Waals surface area (Å²) in [6.45, 7) is 2.35. The molecule has 0 bridgehead atoms. The summed E-state index contributed by atoms with van der Waals surface area (Å²) in [7, 11) is 0. The van der Waals surface area contributed by atoms with Crippen LogP contribution in [0.2, 0.25) is 0 Å². The molecule has 0 spiro atoms. The largest absolute Gasteiger partial charge is 0.311 e. The predicted octanol–water partition coefficient (Wildman–Crippen LogP) is 4.33. The van der Waals surface area contributed by atoms with Gasteiger partial charge in [0.15, 0.2) is 0 Å². The second-order valence-corrected chi connectivity index (χ2v) is 7.11. The molecule has 0 radical (unpaired) electrons. The third-order valence-electron chi connectivity index (χ3n) is 5.64. The topological polar surface area (TPSA) is 12.0 Å². The summed E-state index contributed by atoms with van der Waals surface area (Å²) in [6, 6.07) is 21.3. The van der Waals surface area contributed by atoms with E-state index < -0.39 is 0 Å². The molecule has 22 heavy (non-hydrogen) atoms. The van der Waals surface area contributed by atoms with E-state index in [2.05, 4.69) is 66.8 Å². The number of hydrogen-bond donors (Lipinski definition) is 1. The van der Waals surface area contributed by atoms with E-state index >= 15 is 0 Å². The molecular formula is C21H25N. The zero-order valence-corrected chi connectivity index (χ0v) is 13.3. The van der Waals surface area contributed by atoms with Crippen molar-refractivity contribution in [2.45, 2.75) is 50.6 Å². The lowest BCUT2D eigenvalue weighted by molar-refractivity contribution is 0.183. The van der Waals surface area contributed by atoms with Crippen molar-refractivity contribution in [1.82, 2.24) is 5.32 Å². The lowest BCUT2D eigenvalue weighted by Gasteiger charge is -2.45. The van der Waals surface area contributed by atoms with Crippen molar-refractivity contribution in [3.05, 3.63) is 71.3 Å². The lowest BCUT2D eigenvalue weighted by atomic mass is 9.66. The number of aryl methyl sites for hydroxylation is 1. The predicted molar refractivity (Wildman–Crippen MR) is 92.1 cm³/mol. The van der Waals surface area contributed by atoms with Crippen LogP contribution in [0.4, 0.5) is 0 Å². The van der Waals surface area contributed by atoms with Crippen LogP contribution in [0, 0.1) is 5.92 Å². The normalized spacial score (nSPS) is 30.4. The third-order valence-corrected chi connectivity index (χ3v) is 5.64. The lowest BCUT2D eigenvalue weighted by Crippen LogP contribution is -2.52. The van der Waals surface area contributed by atoms with Crippen LogP contribution in [0.1, 0.15) is 42.4 Å². The fourth-order valence-corrected chi connectivity index (χ4v) is 4.68. The van der Waals surface area contributed by atoms with Crippen LogP contribution in [0.3, 0.4) is 0 Å². The Morgan fingerprint density at radius 3 is 2.64 bits per heavy atom. The Kier molecular flexibility index (Phi) is 3.75. The molecule has 114 valence electrons. The van der Waals surface area contributed by atoms with Crippen LogP contribution in [0.15, 0.2) is 54.6 Å². The van der Waals surface area contributed by atoms with Crippen molar-refractivity contribution in [3.63, 3.8) is 0 Å². The first kappa shape index (κ1) is 14.0. The van der Waals surface area contributed by atoms with Gasteiger partial charge in [0.05, 0.1) is 0 Å². The average molecular weight is 291 g/mol. The summed E-state index contributed by atoms with van der Waals surface area (Å²) in [6.07, 6.45) is 5.03. The standard InChI is InChI=1S/C21H25N/c1-15-13-20-18-10-6-5-9-17(18)11-12-19(20)21(22-15)14-16-7-3-2-4-8-16/h2-10,15,19-22H,11-14H2,1H3/t15-,19?,20?,21-/m1/s1. The minimum atomic E-state index is 0.612. The first-order valence-electron chi connectivity index (χ1n) is 8.69. The molecule has 2 unspecified atom stereocenters. The SMILES string of the molecule is C[C@@H]1CC2c3ccccc3CCC2[C@@H](Cc2ccccc2)N1. The maximum absolute atomic E-state index is 3.89. The van der Waals surface area contributed by atoms with Crippen LogP contribution in [0.25, 0.3) is 0 Å². The van der Waals surface area contributed by atoms with Crippen molar-refractivity contribution in [1.29, 1.82) is 0 Å². The summed E-state index contributed by atoms with van der Waals surface area (Å²) in [5.41, 5.74) is 4.69. The molecule has 1 saturated heterocycles. The Bertz CT molecular complexity index is 633. The van der Waals surface area contributed by atoms with E-state index in [0.717, 1.165) is 18.3 Å². The minimum Gasteiger partial charge on any atom is -0.311 e. The third kappa shape index (κ3) is 2.59. The van der Waals surface area contributed by atoms with E-state index in [1.807, 2.05) is 0 Å². The zero-order valence-electron chi connectivity index (χ0n) is 13.3. The quantitative estimate of drug-likeness (QED) is 0.868. The number of nitrogens with one attached hydrogen (secondary N) is 1.